The first-order chi connectivity index (χ1) is 25.1. The van der Waals surface area contributed by atoms with Crippen LogP contribution in [0.3, 0.4) is 0 Å². The Hall–Kier alpha value is -3.11. The van der Waals surface area contributed by atoms with Gasteiger partial charge in [-0.05, 0) is 26.8 Å². The molecule has 52 heavy (non-hydrogen) atoms. The van der Waals surface area contributed by atoms with E-state index in [2.05, 4.69) is 5.32 Å². The van der Waals surface area contributed by atoms with Crippen LogP contribution in [0.15, 0.2) is 18.2 Å². The van der Waals surface area contributed by atoms with Gasteiger partial charge in [0.15, 0.2) is 0 Å². The fourth-order valence-electron chi connectivity index (χ4n) is 3.82. The SMILES string of the molecule is CC(C)(C)OC(=O)CCOCCOCCOCCOCCOCCOCCOCCOCCOCCOCCNc1ccc([N+](=O)[O-])cc1[N+](=O)[O-]. The third-order valence-electron chi connectivity index (χ3n) is 6.17. The van der Waals surface area contributed by atoms with E-state index < -0.39 is 15.4 Å². The van der Waals surface area contributed by atoms with Gasteiger partial charge in [-0.15, -0.1) is 0 Å². The van der Waals surface area contributed by atoms with Crippen molar-refractivity contribution in [1.82, 2.24) is 0 Å². The van der Waals surface area contributed by atoms with Crippen molar-refractivity contribution in [3.05, 3.63) is 38.4 Å². The van der Waals surface area contributed by atoms with Crippen LogP contribution in [-0.4, -0.2) is 160 Å². The number of carbonyl (C=O) groups is 1. The highest BCUT2D eigenvalue weighted by molar-refractivity contribution is 5.69. The lowest BCUT2D eigenvalue weighted by Crippen LogP contribution is -2.24. The quantitative estimate of drug-likeness (QED) is 0.0451. The maximum atomic E-state index is 11.6. The summed E-state index contributed by atoms with van der Waals surface area (Å²) in [5, 5.41) is 24.8. The van der Waals surface area contributed by atoms with Gasteiger partial charge in [-0.25, -0.2) is 0 Å². The van der Waals surface area contributed by atoms with Crippen molar-refractivity contribution in [2.24, 2.45) is 0 Å². The van der Waals surface area contributed by atoms with E-state index in [9.17, 15) is 25.0 Å². The molecule has 1 aromatic rings. The normalized spacial score (nSPS) is 11.5. The molecule has 19 heteroatoms. The molecule has 300 valence electrons. The minimum absolute atomic E-state index is 0.182. The number of nitrogens with one attached hydrogen (secondary N) is 1. The van der Waals surface area contributed by atoms with Crippen molar-refractivity contribution in [2.45, 2.75) is 32.8 Å². The van der Waals surface area contributed by atoms with Crippen molar-refractivity contribution in [1.29, 1.82) is 0 Å². The van der Waals surface area contributed by atoms with Gasteiger partial charge in [0.05, 0.1) is 154 Å². The number of anilines is 1. The highest BCUT2D eigenvalue weighted by atomic mass is 16.6. The molecule has 0 aromatic heterocycles. The Bertz CT molecular complexity index is 1080. The highest BCUT2D eigenvalue weighted by Crippen LogP contribution is 2.28. The number of nitro benzene ring substituents is 2. The number of rotatable bonds is 36. The topological polar surface area (TPSA) is 217 Å². The Labute approximate surface area is 305 Å². The number of nitro groups is 2. The second kappa shape index (κ2) is 31.4. The molecular weight excluding hydrogens is 694 g/mol. The first-order valence-corrected chi connectivity index (χ1v) is 17.3. The van der Waals surface area contributed by atoms with E-state index in [0.717, 1.165) is 6.07 Å². The summed E-state index contributed by atoms with van der Waals surface area (Å²) in [5.41, 5.74) is -1.02. The van der Waals surface area contributed by atoms with E-state index >= 15 is 0 Å². The summed E-state index contributed by atoms with van der Waals surface area (Å²) < 4.78 is 59.5. The molecular formula is C33H57N3O16. The molecule has 1 rings (SSSR count). The molecule has 0 atom stereocenters. The Morgan fingerprint density at radius 2 is 0.904 bits per heavy atom. The second-order valence-electron chi connectivity index (χ2n) is 11.6. The molecule has 1 N–H and O–H groups in total. The van der Waals surface area contributed by atoms with Gasteiger partial charge >= 0.3 is 5.97 Å². The average Bonchev–Trinajstić information content (AvgIpc) is 3.09. The molecule has 19 nitrogen and oxygen atoms in total. The summed E-state index contributed by atoms with van der Waals surface area (Å²) in [6.45, 7) is 14.1. The minimum atomic E-state index is -0.684. The number of ether oxygens (including phenoxy) is 11. The number of benzene rings is 1. The first kappa shape index (κ1) is 46.9. The molecule has 0 saturated heterocycles. The Kier molecular flexibility index (Phi) is 28.3. The zero-order valence-electron chi connectivity index (χ0n) is 30.7. The van der Waals surface area contributed by atoms with Gasteiger partial charge in [-0.2, -0.15) is 0 Å². The zero-order valence-corrected chi connectivity index (χ0v) is 30.7. The first-order valence-electron chi connectivity index (χ1n) is 17.3. The number of esters is 1. The van der Waals surface area contributed by atoms with Gasteiger partial charge in [0.1, 0.15) is 11.3 Å². The van der Waals surface area contributed by atoms with Gasteiger partial charge in [-0.1, -0.05) is 0 Å². The fourth-order valence-corrected chi connectivity index (χ4v) is 3.82. The van der Waals surface area contributed by atoms with E-state index in [1.165, 1.54) is 12.1 Å². The van der Waals surface area contributed by atoms with Crippen LogP contribution >= 0.6 is 0 Å². The Morgan fingerprint density at radius 1 is 0.558 bits per heavy atom. The second-order valence-corrected chi connectivity index (χ2v) is 11.6. The van der Waals surface area contributed by atoms with Crippen LogP contribution in [0.2, 0.25) is 0 Å². The van der Waals surface area contributed by atoms with E-state index in [1.54, 1.807) is 0 Å². The molecule has 1 aromatic carbocycles. The van der Waals surface area contributed by atoms with E-state index in [1.807, 2.05) is 20.8 Å². The van der Waals surface area contributed by atoms with E-state index in [-0.39, 0.29) is 42.6 Å². The van der Waals surface area contributed by atoms with Crippen LogP contribution in [0, 0.1) is 20.2 Å². The van der Waals surface area contributed by atoms with E-state index in [4.69, 9.17) is 52.1 Å². The lowest BCUT2D eigenvalue weighted by Gasteiger charge is -2.19. The van der Waals surface area contributed by atoms with Crippen LogP contribution in [-0.2, 0) is 56.9 Å². The van der Waals surface area contributed by atoms with Gasteiger partial charge in [0, 0.05) is 12.6 Å². The molecule has 0 heterocycles. The summed E-state index contributed by atoms with van der Waals surface area (Å²) in [6.07, 6.45) is 0.218. The maximum Gasteiger partial charge on any atom is 0.308 e. The molecule has 0 bridgehead atoms. The number of carbonyl (C=O) groups excluding carboxylic acids is 1. The largest absolute Gasteiger partial charge is 0.460 e. The van der Waals surface area contributed by atoms with Gasteiger partial charge in [0.25, 0.3) is 11.4 Å². The smallest absolute Gasteiger partial charge is 0.308 e. The molecule has 0 unspecified atom stereocenters. The minimum Gasteiger partial charge on any atom is -0.460 e. The average molecular weight is 752 g/mol. The Balaban J connectivity index is 1.73. The number of nitrogens with zero attached hydrogens (tertiary/aromatic N) is 2. The van der Waals surface area contributed by atoms with Crippen molar-refractivity contribution in [2.75, 3.05) is 144 Å². The fraction of sp³-hybridized carbons (Fsp3) is 0.788. The Morgan fingerprint density at radius 3 is 1.23 bits per heavy atom. The summed E-state index contributed by atoms with van der Waals surface area (Å²) in [4.78, 5) is 32.2. The van der Waals surface area contributed by atoms with Crippen LogP contribution in [0.5, 0.6) is 0 Å². The molecule has 0 amide bonds. The molecule has 0 aliphatic rings. The molecule has 0 saturated carbocycles. The van der Waals surface area contributed by atoms with Crippen molar-refractivity contribution < 1.29 is 66.7 Å². The van der Waals surface area contributed by atoms with Gasteiger partial charge in [-0.3, -0.25) is 25.0 Å². The molecule has 0 aliphatic heterocycles. The third-order valence-corrected chi connectivity index (χ3v) is 6.17. The van der Waals surface area contributed by atoms with Crippen molar-refractivity contribution >= 4 is 23.0 Å². The van der Waals surface area contributed by atoms with Crippen molar-refractivity contribution in [3.8, 4) is 0 Å². The predicted octanol–water partition coefficient (Wildman–Crippen LogP) is 2.81. The van der Waals surface area contributed by atoms with Gasteiger partial charge in [0.2, 0.25) is 0 Å². The maximum absolute atomic E-state index is 11.6. The number of hydrogen-bond acceptors (Lipinski definition) is 17. The summed E-state index contributed by atoms with van der Waals surface area (Å²) in [7, 11) is 0. The number of non-ortho nitro benzene ring substituents is 1. The van der Waals surface area contributed by atoms with Crippen LogP contribution in [0.25, 0.3) is 0 Å². The lowest BCUT2D eigenvalue weighted by atomic mass is 10.2. The van der Waals surface area contributed by atoms with Crippen LogP contribution in [0.4, 0.5) is 17.1 Å². The standard InChI is InChI=1S/C33H57N3O16/c1-33(2,3)52-32(37)6-8-42-10-12-44-14-16-46-18-20-48-22-24-50-26-27-51-25-23-49-21-19-47-17-15-45-13-11-43-9-7-34-30-5-4-29(35(38)39)28-31(30)36(40)41/h4-5,28,34H,6-27H2,1-3H3. The molecule has 0 fully saturated rings. The van der Waals surface area contributed by atoms with Crippen LogP contribution < -0.4 is 5.32 Å². The summed E-state index contributed by atoms with van der Waals surface area (Å²) in [6, 6.07) is 3.42. The summed E-state index contributed by atoms with van der Waals surface area (Å²) in [5.74, 6) is -0.278. The summed E-state index contributed by atoms with van der Waals surface area (Å²) >= 11 is 0. The monoisotopic (exact) mass is 751 g/mol. The molecule has 0 radical (unpaired) electrons. The van der Waals surface area contributed by atoms with E-state index in [0.29, 0.717) is 126 Å². The lowest BCUT2D eigenvalue weighted by molar-refractivity contribution is -0.393. The number of hydrogen-bond donors (Lipinski definition) is 1. The predicted molar refractivity (Wildman–Crippen MR) is 187 cm³/mol. The molecule has 0 aliphatic carbocycles. The third kappa shape index (κ3) is 28.5. The molecule has 0 spiro atoms. The van der Waals surface area contributed by atoms with Crippen molar-refractivity contribution in [3.63, 3.8) is 0 Å². The highest BCUT2D eigenvalue weighted by Gasteiger charge is 2.19. The van der Waals surface area contributed by atoms with Gasteiger partial charge < -0.3 is 57.4 Å². The van der Waals surface area contributed by atoms with Crippen LogP contribution in [0.1, 0.15) is 27.2 Å². The zero-order chi connectivity index (χ0) is 38.1.